The number of aromatic nitrogens is 4. The summed E-state index contributed by atoms with van der Waals surface area (Å²) in [6.45, 7) is -1.56. The van der Waals surface area contributed by atoms with Crippen molar-refractivity contribution in [2.75, 3.05) is 26.1 Å². The minimum absolute atomic E-state index is 0.00403. The van der Waals surface area contributed by atoms with Gasteiger partial charge >= 0.3 is 6.18 Å². The fourth-order valence-corrected chi connectivity index (χ4v) is 4.36. The molecular weight excluding hydrogens is 593 g/mol. The summed E-state index contributed by atoms with van der Waals surface area (Å²) in [7, 11) is 4.47. The number of ether oxygens (including phenoxy) is 2. The molecule has 0 aliphatic carbocycles. The predicted octanol–water partition coefficient (Wildman–Crippen LogP) is 4.03. The van der Waals surface area contributed by atoms with Crippen molar-refractivity contribution >= 4 is 29.1 Å². The van der Waals surface area contributed by atoms with Crippen molar-refractivity contribution in [1.82, 2.24) is 24.6 Å². The van der Waals surface area contributed by atoms with E-state index in [4.69, 9.17) is 21.1 Å². The molecule has 2 N–H and O–H groups in total. The third-order valence-electron chi connectivity index (χ3n) is 6.19. The van der Waals surface area contributed by atoms with E-state index in [2.05, 4.69) is 20.7 Å². The Morgan fingerprint density at radius 1 is 1.09 bits per heavy atom. The number of aryl methyl sites for hydroxylation is 1. The van der Waals surface area contributed by atoms with E-state index in [1.165, 1.54) is 56.9 Å². The molecule has 1 atom stereocenters. The zero-order chi connectivity index (χ0) is 31.3. The smallest absolute Gasteiger partial charge is 0.422 e. The average molecular weight is 619 g/mol. The second kappa shape index (κ2) is 13.0. The summed E-state index contributed by atoms with van der Waals surface area (Å²) in [5.74, 6) is -1.12. The average Bonchev–Trinajstić information content (AvgIpc) is 3.39. The quantitative estimate of drug-likeness (QED) is 0.275. The Bertz CT molecular complexity index is 1690. The topological polar surface area (TPSA) is 129 Å². The van der Waals surface area contributed by atoms with Crippen LogP contribution in [0.5, 0.6) is 11.5 Å². The van der Waals surface area contributed by atoms with Crippen molar-refractivity contribution in [3.63, 3.8) is 0 Å². The van der Waals surface area contributed by atoms with Crippen LogP contribution >= 0.6 is 11.6 Å². The van der Waals surface area contributed by atoms with Crippen molar-refractivity contribution in [3.05, 3.63) is 87.8 Å². The molecule has 0 aliphatic rings. The van der Waals surface area contributed by atoms with Gasteiger partial charge in [-0.3, -0.25) is 23.6 Å². The van der Waals surface area contributed by atoms with Crippen LogP contribution in [-0.2, 0) is 18.3 Å². The van der Waals surface area contributed by atoms with Crippen LogP contribution in [0, 0.1) is 0 Å². The molecule has 11 nitrogen and oxygen atoms in total. The number of nitrogens with one attached hydrogen (secondary N) is 2. The first-order valence-electron chi connectivity index (χ1n) is 12.7. The summed E-state index contributed by atoms with van der Waals surface area (Å²) in [5.41, 5.74) is 0.442. The van der Waals surface area contributed by atoms with Crippen molar-refractivity contribution in [1.29, 1.82) is 0 Å². The minimum Gasteiger partial charge on any atom is -0.495 e. The van der Waals surface area contributed by atoms with Gasteiger partial charge in [-0.15, -0.1) is 0 Å². The van der Waals surface area contributed by atoms with Gasteiger partial charge in [-0.2, -0.15) is 18.3 Å². The first-order chi connectivity index (χ1) is 20.4. The van der Waals surface area contributed by atoms with E-state index in [0.717, 1.165) is 10.6 Å². The number of rotatable bonds is 10. The number of carbonyl (C=O) groups is 2. The molecule has 0 saturated carbocycles. The maximum Gasteiger partial charge on any atom is 0.422 e. The Hall–Kier alpha value is -4.85. The van der Waals surface area contributed by atoms with E-state index in [9.17, 15) is 27.6 Å². The Labute approximate surface area is 248 Å². The highest BCUT2D eigenvalue weighted by Gasteiger charge is 2.30. The summed E-state index contributed by atoms with van der Waals surface area (Å²) < 4.78 is 51.9. The van der Waals surface area contributed by atoms with Gasteiger partial charge in [-0.05, 0) is 36.4 Å². The second-order valence-corrected chi connectivity index (χ2v) is 9.68. The Morgan fingerprint density at radius 3 is 2.44 bits per heavy atom. The van der Waals surface area contributed by atoms with E-state index in [-0.39, 0.29) is 45.5 Å². The summed E-state index contributed by atoms with van der Waals surface area (Å²) in [4.78, 5) is 43.0. The van der Waals surface area contributed by atoms with Crippen LogP contribution in [0.2, 0.25) is 5.02 Å². The standard InChI is InChI=1S/C28H26ClF3N6O5/c1-33-26(40)21-6-5-18(13-34-21)35-27(41)22(11-17-8-9-37(2)36-17)38-14-24(42-3)20(12-25(38)39)19-10-16(29)4-7-23(19)43-15-28(30,31)32/h4-10,12-14,22H,11,15H2,1-3H3,(H,33,40)(H,35,41). The molecule has 1 unspecified atom stereocenters. The molecule has 3 aromatic heterocycles. The van der Waals surface area contributed by atoms with Crippen LogP contribution in [0.15, 0.2) is 65.8 Å². The van der Waals surface area contributed by atoms with Gasteiger partial charge in [-0.25, -0.2) is 4.98 Å². The number of nitrogens with zero attached hydrogens (tertiary/aromatic N) is 4. The van der Waals surface area contributed by atoms with E-state index < -0.39 is 36.2 Å². The van der Waals surface area contributed by atoms with Gasteiger partial charge in [0.05, 0.1) is 30.9 Å². The number of halogens is 4. The molecule has 43 heavy (non-hydrogen) atoms. The molecule has 15 heteroatoms. The molecule has 4 aromatic rings. The Balaban J connectivity index is 1.75. The molecule has 4 rings (SSSR count). The highest BCUT2D eigenvalue weighted by atomic mass is 35.5. The molecule has 0 aliphatic heterocycles. The third kappa shape index (κ3) is 7.71. The molecule has 0 radical (unpaired) electrons. The lowest BCUT2D eigenvalue weighted by Crippen LogP contribution is -2.34. The molecule has 0 spiro atoms. The number of methoxy groups -OCH3 is 1. The van der Waals surface area contributed by atoms with Crippen molar-refractivity contribution in [2.24, 2.45) is 7.05 Å². The molecule has 0 saturated heterocycles. The van der Waals surface area contributed by atoms with Gasteiger partial charge in [0.15, 0.2) is 6.61 Å². The van der Waals surface area contributed by atoms with Crippen LogP contribution in [-0.4, -0.2) is 58.1 Å². The van der Waals surface area contributed by atoms with Crippen LogP contribution in [0.1, 0.15) is 22.2 Å². The van der Waals surface area contributed by atoms with Gasteiger partial charge in [0, 0.05) is 48.9 Å². The summed E-state index contributed by atoms with van der Waals surface area (Å²) in [5, 5.41) is 9.65. The van der Waals surface area contributed by atoms with Gasteiger partial charge in [-0.1, -0.05) is 11.6 Å². The second-order valence-electron chi connectivity index (χ2n) is 9.25. The van der Waals surface area contributed by atoms with Crippen molar-refractivity contribution < 1.29 is 32.2 Å². The number of alkyl halides is 3. The van der Waals surface area contributed by atoms with Crippen LogP contribution in [0.25, 0.3) is 11.1 Å². The number of anilines is 1. The van der Waals surface area contributed by atoms with E-state index in [1.807, 2.05) is 0 Å². The lowest BCUT2D eigenvalue weighted by Gasteiger charge is -2.21. The predicted molar refractivity (Wildman–Crippen MR) is 151 cm³/mol. The summed E-state index contributed by atoms with van der Waals surface area (Å²) in [6.07, 6.45) is -0.342. The summed E-state index contributed by atoms with van der Waals surface area (Å²) in [6, 6.07) is 8.54. The normalized spacial score (nSPS) is 12.0. The number of benzene rings is 1. The molecule has 226 valence electrons. The molecule has 0 fully saturated rings. The van der Waals surface area contributed by atoms with E-state index in [1.54, 1.807) is 24.0 Å². The SMILES string of the molecule is CNC(=O)c1ccc(NC(=O)C(Cc2ccn(C)n2)n2cc(OC)c(-c3cc(Cl)ccc3OCC(F)(F)F)cc2=O)cn1. The minimum atomic E-state index is -4.60. The highest BCUT2D eigenvalue weighted by molar-refractivity contribution is 6.31. The Morgan fingerprint density at radius 2 is 1.84 bits per heavy atom. The molecule has 1 aromatic carbocycles. The van der Waals surface area contributed by atoms with Crippen LogP contribution in [0.3, 0.4) is 0 Å². The maximum absolute atomic E-state index is 13.6. The largest absolute Gasteiger partial charge is 0.495 e. The number of carbonyl (C=O) groups excluding carboxylic acids is 2. The van der Waals surface area contributed by atoms with Crippen LogP contribution in [0.4, 0.5) is 18.9 Å². The zero-order valence-electron chi connectivity index (χ0n) is 23.1. The fourth-order valence-electron chi connectivity index (χ4n) is 4.19. The number of hydrogen-bond donors (Lipinski definition) is 2. The van der Waals surface area contributed by atoms with Gasteiger partial charge < -0.3 is 20.1 Å². The fraction of sp³-hybridized carbons (Fsp3) is 0.250. The monoisotopic (exact) mass is 618 g/mol. The Kier molecular flexibility index (Phi) is 9.39. The molecule has 3 heterocycles. The molecule has 2 amide bonds. The highest BCUT2D eigenvalue weighted by Crippen LogP contribution is 2.38. The maximum atomic E-state index is 13.6. The first-order valence-corrected chi connectivity index (χ1v) is 13.0. The van der Waals surface area contributed by atoms with Crippen LogP contribution < -0.4 is 25.7 Å². The number of pyridine rings is 2. The van der Waals surface area contributed by atoms with Gasteiger partial charge in [0.1, 0.15) is 23.2 Å². The van der Waals surface area contributed by atoms with E-state index in [0.29, 0.717) is 5.69 Å². The zero-order valence-corrected chi connectivity index (χ0v) is 23.9. The first kappa shape index (κ1) is 31.1. The van der Waals surface area contributed by atoms with E-state index >= 15 is 0 Å². The van der Waals surface area contributed by atoms with Crippen molar-refractivity contribution in [2.45, 2.75) is 18.6 Å². The van der Waals surface area contributed by atoms with Gasteiger partial charge in [0.25, 0.3) is 11.5 Å². The molecule has 0 bridgehead atoms. The number of hydrogen-bond acceptors (Lipinski definition) is 7. The lowest BCUT2D eigenvalue weighted by atomic mass is 10.0. The summed E-state index contributed by atoms with van der Waals surface area (Å²) >= 11 is 6.13. The van der Waals surface area contributed by atoms with Gasteiger partial charge in [0.2, 0.25) is 5.91 Å². The number of amides is 2. The molecular formula is C28H26ClF3N6O5. The van der Waals surface area contributed by atoms with Crippen molar-refractivity contribution in [3.8, 4) is 22.6 Å². The third-order valence-corrected chi connectivity index (χ3v) is 6.42. The lowest BCUT2D eigenvalue weighted by molar-refractivity contribution is -0.153.